The molecule has 0 unspecified atom stereocenters. The highest BCUT2D eigenvalue weighted by Gasteiger charge is 2.16. The van der Waals surface area contributed by atoms with Gasteiger partial charge in [-0.25, -0.2) is 0 Å². The van der Waals surface area contributed by atoms with Gasteiger partial charge in [0.2, 0.25) is 0 Å². The Bertz CT molecular complexity index is 1600. The normalized spacial score (nSPS) is 11.3. The predicted molar refractivity (Wildman–Crippen MR) is 125 cm³/mol. The largest absolute Gasteiger partial charge is 0.284 e. The van der Waals surface area contributed by atoms with Gasteiger partial charge in [0.15, 0.2) is 0 Å². The summed E-state index contributed by atoms with van der Waals surface area (Å²) < 4.78 is 3.21. The fraction of sp³-hybridized carbons (Fsp3) is 0.115. The highest BCUT2D eigenvalue weighted by molar-refractivity contribution is 6.05. The molecule has 0 radical (unpaired) electrons. The van der Waals surface area contributed by atoms with Gasteiger partial charge in [0.1, 0.15) is 0 Å². The van der Waals surface area contributed by atoms with Gasteiger partial charge >= 0.3 is 0 Å². The molecule has 0 aliphatic heterocycles. The number of para-hydroxylation sites is 1. The Balaban J connectivity index is 1.85. The van der Waals surface area contributed by atoms with Crippen molar-refractivity contribution in [3.8, 4) is 11.4 Å². The van der Waals surface area contributed by atoms with E-state index in [2.05, 4.69) is 4.98 Å². The van der Waals surface area contributed by atoms with Gasteiger partial charge in [0.05, 0.1) is 22.0 Å². The van der Waals surface area contributed by atoms with Gasteiger partial charge in [0, 0.05) is 29.2 Å². The summed E-state index contributed by atoms with van der Waals surface area (Å²) in [5.74, 6) is 0. The van der Waals surface area contributed by atoms with Crippen LogP contribution in [0.1, 0.15) is 16.8 Å². The molecule has 0 fully saturated rings. The van der Waals surface area contributed by atoms with E-state index >= 15 is 0 Å². The number of aromatic nitrogens is 3. The SMILES string of the molecule is Cc1ccc(-n2ccc3c(c(C)nc4ccn(-c5ccccc5)c(=O)c43)c2=O)cc1C. The molecule has 5 nitrogen and oxygen atoms in total. The van der Waals surface area contributed by atoms with Crippen LogP contribution in [0.2, 0.25) is 0 Å². The zero-order valence-corrected chi connectivity index (χ0v) is 17.6. The first-order valence-electron chi connectivity index (χ1n) is 10.2. The van der Waals surface area contributed by atoms with E-state index in [0.29, 0.717) is 27.4 Å². The topological polar surface area (TPSA) is 56.9 Å². The van der Waals surface area contributed by atoms with Crippen LogP contribution in [-0.2, 0) is 0 Å². The van der Waals surface area contributed by atoms with Gasteiger partial charge in [-0.05, 0) is 68.3 Å². The first-order chi connectivity index (χ1) is 15.0. The minimum atomic E-state index is -0.190. The summed E-state index contributed by atoms with van der Waals surface area (Å²) in [6, 6.07) is 19.0. The minimum Gasteiger partial charge on any atom is -0.284 e. The van der Waals surface area contributed by atoms with Gasteiger partial charge in [-0.3, -0.25) is 23.7 Å². The molecule has 0 saturated carbocycles. The number of aryl methyl sites for hydroxylation is 3. The molecule has 5 rings (SSSR count). The Hall–Kier alpha value is -3.99. The molecular weight excluding hydrogens is 386 g/mol. The zero-order chi connectivity index (χ0) is 21.7. The van der Waals surface area contributed by atoms with Gasteiger partial charge in [-0.15, -0.1) is 0 Å². The number of pyridine rings is 3. The molecular formula is C26H21N3O2. The van der Waals surface area contributed by atoms with Crippen molar-refractivity contribution >= 4 is 21.7 Å². The Morgan fingerprint density at radius 2 is 1.35 bits per heavy atom. The lowest BCUT2D eigenvalue weighted by atomic mass is 10.1. The molecule has 0 bridgehead atoms. The lowest BCUT2D eigenvalue weighted by molar-refractivity contribution is 0.993. The smallest absolute Gasteiger partial charge is 0.265 e. The average molecular weight is 407 g/mol. The summed E-state index contributed by atoms with van der Waals surface area (Å²) in [6.07, 6.45) is 3.47. The monoisotopic (exact) mass is 407 g/mol. The number of hydrogen-bond donors (Lipinski definition) is 0. The van der Waals surface area contributed by atoms with Crippen LogP contribution < -0.4 is 11.1 Å². The number of benzene rings is 2. The Morgan fingerprint density at radius 1 is 0.677 bits per heavy atom. The van der Waals surface area contributed by atoms with Crippen molar-refractivity contribution in [1.29, 1.82) is 0 Å². The summed E-state index contributed by atoms with van der Waals surface area (Å²) in [6.45, 7) is 5.88. The third-order valence-electron chi connectivity index (χ3n) is 5.88. The van der Waals surface area contributed by atoms with Crippen molar-refractivity contribution in [2.75, 3.05) is 0 Å². The summed E-state index contributed by atoms with van der Waals surface area (Å²) in [7, 11) is 0. The Kier molecular flexibility index (Phi) is 4.33. The lowest BCUT2D eigenvalue weighted by Gasteiger charge is -2.13. The summed E-state index contributed by atoms with van der Waals surface area (Å²) in [5.41, 5.74) is 4.68. The van der Waals surface area contributed by atoms with Crippen LogP contribution in [0.15, 0.2) is 82.6 Å². The van der Waals surface area contributed by atoms with Crippen LogP contribution in [0.3, 0.4) is 0 Å². The Morgan fingerprint density at radius 3 is 2.10 bits per heavy atom. The molecule has 5 heteroatoms. The van der Waals surface area contributed by atoms with E-state index in [1.165, 1.54) is 5.56 Å². The number of hydrogen-bond acceptors (Lipinski definition) is 3. The second kappa shape index (κ2) is 7.06. The fourth-order valence-corrected chi connectivity index (χ4v) is 4.07. The van der Waals surface area contributed by atoms with Crippen molar-refractivity contribution in [2.45, 2.75) is 20.8 Å². The maximum atomic E-state index is 13.5. The summed E-state index contributed by atoms with van der Waals surface area (Å²) >= 11 is 0. The molecule has 152 valence electrons. The minimum absolute atomic E-state index is 0.179. The predicted octanol–water partition coefficient (Wildman–Crippen LogP) is 4.62. The standard InChI is InChI=1S/C26H21N3O2/c1-16-9-10-20(15-17(16)2)29-13-11-21-23(25(29)30)18(3)27-22-12-14-28(26(31)24(21)22)19-7-5-4-6-8-19/h4-15H,1-3H3. The van der Waals surface area contributed by atoms with E-state index in [0.717, 1.165) is 16.9 Å². The zero-order valence-electron chi connectivity index (χ0n) is 17.6. The number of fused-ring (bicyclic) bond motifs is 3. The summed E-state index contributed by atoms with van der Waals surface area (Å²) in [5, 5.41) is 1.55. The van der Waals surface area contributed by atoms with Crippen LogP contribution in [0.25, 0.3) is 33.1 Å². The van der Waals surface area contributed by atoms with Gasteiger partial charge in [-0.2, -0.15) is 0 Å². The molecule has 31 heavy (non-hydrogen) atoms. The van der Waals surface area contributed by atoms with Crippen molar-refractivity contribution < 1.29 is 0 Å². The van der Waals surface area contributed by atoms with E-state index in [-0.39, 0.29) is 11.1 Å². The Labute approximate surface area is 178 Å². The average Bonchev–Trinajstić information content (AvgIpc) is 2.76. The highest BCUT2D eigenvalue weighted by Crippen LogP contribution is 2.23. The van der Waals surface area contributed by atoms with Crippen molar-refractivity contribution in [3.05, 3.63) is 111 Å². The molecule has 3 aromatic heterocycles. The second-order valence-corrected chi connectivity index (χ2v) is 7.83. The maximum absolute atomic E-state index is 13.5. The summed E-state index contributed by atoms with van der Waals surface area (Å²) in [4.78, 5) is 31.5. The van der Waals surface area contributed by atoms with Gasteiger partial charge in [-0.1, -0.05) is 24.3 Å². The van der Waals surface area contributed by atoms with Crippen LogP contribution in [0, 0.1) is 20.8 Å². The van der Waals surface area contributed by atoms with Crippen molar-refractivity contribution in [2.24, 2.45) is 0 Å². The van der Waals surface area contributed by atoms with Crippen LogP contribution in [0.5, 0.6) is 0 Å². The highest BCUT2D eigenvalue weighted by atomic mass is 16.1. The molecule has 0 N–H and O–H groups in total. The van der Waals surface area contributed by atoms with Crippen molar-refractivity contribution in [1.82, 2.24) is 14.1 Å². The number of nitrogens with zero attached hydrogens (tertiary/aromatic N) is 3. The second-order valence-electron chi connectivity index (χ2n) is 7.83. The van der Waals surface area contributed by atoms with Crippen molar-refractivity contribution in [3.63, 3.8) is 0 Å². The first kappa shape index (κ1) is 19.0. The molecule has 0 aliphatic rings. The van der Waals surface area contributed by atoms with E-state index in [9.17, 15) is 9.59 Å². The molecule has 2 aromatic carbocycles. The van der Waals surface area contributed by atoms with E-state index in [1.54, 1.807) is 21.5 Å². The van der Waals surface area contributed by atoms with E-state index in [1.807, 2.05) is 81.4 Å². The lowest BCUT2D eigenvalue weighted by Crippen LogP contribution is -2.22. The molecule has 5 aromatic rings. The van der Waals surface area contributed by atoms with Crippen LogP contribution in [-0.4, -0.2) is 14.1 Å². The van der Waals surface area contributed by atoms with E-state index < -0.39 is 0 Å². The van der Waals surface area contributed by atoms with Crippen LogP contribution >= 0.6 is 0 Å². The van der Waals surface area contributed by atoms with Gasteiger partial charge in [0.25, 0.3) is 11.1 Å². The first-order valence-corrected chi connectivity index (χ1v) is 10.2. The van der Waals surface area contributed by atoms with Crippen LogP contribution in [0.4, 0.5) is 0 Å². The van der Waals surface area contributed by atoms with Gasteiger partial charge < -0.3 is 0 Å². The quantitative estimate of drug-likeness (QED) is 0.402. The molecule has 0 atom stereocenters. The van der Waals surface area contributed by atoms with E-state index in [4.69, 9.17) is 0 Å². The molecule has 0 amide bonds. The third-order valence-corrected chi connectivity index (χ3v) is 5.88. The number of rotatable bonds is 2. The fourth-order valence-electron chi connectivity index (χ4n) is 4.07. The molecule has 0 spiro atoms. The third kappa shape index (κ3) is 2.97. The molecule has 0 saturated heterocycles. The molecule has 3 heterocycles. The maximum Gasteiger partial charge on any atom is 0.265 e. The molecule has 0 aliphatic carbocycles.